The Morgan fingerprint density at radius 3 is 2.52 bits per heavy atom. The number of likely N-dealkylation sites (tertiary alicyclic amines) is 1. The van der Waals surface area contributed by atoms with E-state index < -0.39 is 34.8 Å². The van der Waals surface area contributed by atoms with Gasteiger partial charge in [-0.3, -0.25) is 0 Å². The lowest BCUT2D eigenvalue weighted by atomic mass is 10.0. The number of thiophene rings is 1. The minimum Gasteiger partial charge on any atom is -0.381 e. The van der Waals surface area contributed by atoms with Crippen LogP contribution in [0, 0.1) is 0 Å². The van der Waals surface area contributed by atoms with Gasteiger partial charge in [0.25, 0.3) is 0 Å². The minimum absolute atomic E-state index is 0.222. The molecule has 214 valence electrons. The Morgan fingerprint density at radius 1 is 1.10 bits per heavy atom. The number of nitrogens with one attached hydrogen (secondary N) is 2. The molecule has 0 spiro atoms. The molecule has 3 heterocycles. The highest BCUT2D eigenvalue weighted by atomic mass is 32.2. The smallest absolute Gasteiger partial charge is 0.381 e. The molecule has 1 fully saturated rings. The molecule has 0 saturated carbocycles. The van der Waals surface area contributed by atoms with Gasteiger partial charge in [0.15, 0.2) is 9.84 Å². The molecule has 5 rings (SSSR count). The zero-order valence-corrected chi connectivity index (χ0v) is 23.6. The Hall–Kier alpha value is -3.09. The van der Waals surface area contributed by atoms with Gasteiger partial charge in [0, 0.05) is 42.7 Å². The van der Waals surface area contributed by atoms with Gasteiger partial charge in [-0.1, -0.05) is 6.07 Å². The van der Waals surface area contributed by atoms with Crippen molar-refractivity contribution in [3.8, 4) is 10.6 Å². The summed E-state index contributed by atoms with van der Waals surface area (Å²) >= 11 is 1.35. The van der Waals surface area contributed by atoms with Crippen LogP contribution in [0.5, 0.6) is 0 Å². The van der Waals surface area contributed by atoms with Crippen LogP contribution < -0.4 is 10.6 Å². The maximum absolute atomic E-state index is 14.7. The third kappa shape index (κ3) is 6.45. The highest BCUT2D eigenvalue weighted by Crippen LogP contribution is 2.38. The van der Waals surface area contributed by atoms with Crippen molar-refractivity contribution in [2.24, 2.45) is 0 Å². The van der Waals surface area contributed by atoms with E-state index in [1.165, 1.54) is 28.0 Å². The second-order valence-corrected chi connectivity index (χ2v) is 13.2. The Balaban J connectivity index is 1.42. The van der Waals surface area contributed by atoms with E-state index in [0.29, 0.717) is 46.7 Å². The molecule has 2 aromatic heterocycles. The maximum Gasteiger partial charge on any atom is 0.406 e. The monoisotopic (exact) mass is 594 g/mol. The lowest BCUT2D eigenvalue weighted by molar-refractivity contribution is -0.139. The maximum atomic E-state index is 14.7. The van der Waals surface area contributed by atoms with Gasteiger partial charge in [-0.25, -0.2) is 12.8 Å². The number of hydrogen-bond acceptors (Lipinski definition) is 6. The third-order valence-corrected chi connectivity index (χ3v) is 9.18. The van der Waals surface area contributed by atoms with Crippen LogP contribution in [-0.4, -0.2) is 62.7 Å². The number of halogens is 4. The largest absolute Gasteiger partial charge is 0.406 e. The fourth-order valence-electron chi connectivity index (χ4n) is 5.01. The summed E-state index contributed by atoms with van der Waals surface area (Å²) in [6.45, 7) is 0.312. The van der Waals surface area contributed by atoms with E-state index in [0.717, 1.165) is 24.1 Å². The van der Waals surface area contributed by atoms with Crippen LogP contribution >= 0.6 is 11.3 Å². The molecule has 0 amide bonds. The highest BCUT2D eigenvalue weighted by molar-refractivity contribution is 7.90. The number of fused-ring (bicyclic) bond motifs is 1. The van der Waals surface area contributed by atoms with E-state index >= 15 is 0 Å². The molecule has 1 aliphatic rings. The lowest BCUT2D eigenvalue weighted by Crippen LogP contribution is -2.46. The average molecular weight is 595 g/mol. The van der Waals surface area contributed by atoms with Crippen molar-refractivity contribution in [3.63, 3.8) is 0 Å². The van der Waals surface area contributed by atoms with Gasteiger partial charge in [-0.15, -0.1) is 11.3 Å². The number of anilines is 2. The second-order valence-electron chi connectivity index (χ2n) is 10.3. The Bertz CT molecular complexity index is 1600. The SMILES string of the molecule is CN1CC[C@@H](Nc2cccc3c2cc(-c2cc(CNc4ccc(S(C)(=O)=O)cc4)cs2)n3CC(F)(F)F)[C@@H](F)C1. The molecule has 12 heteroatoms. The van der Waals surface area contributed by atoms with Crippen molar-refractivity contribution < 1.29 is 26.0 Å². The summed E-state index contributed by atoms with van der Waals surface area (Å²) in [5.74, 6) is 0. The number of alkyl halides is 4. The predicted molar refractivity (Wildman–Crippen MR) is 153 cm³/mol. The lowest BCUT2D eigenvalue weighted by Gasteiger charge is -2.33. The predicted octanol–water partition coefficient (Wildman–Crippen LogP) is 6.40. The molecule has 0 unspecified atom stereocenters. The summed E-state index contributed by atoms with van der Waals surface area (Å²) < 4.78 is 80.4. The number of rotatable bonds is 8. The molecular formula is C28H30F4N4O2S2. The summed E-state index contributed by atoms with van der Waals surface area (Å²) in [6, 6.07) is 14.7. The van der Waals surface area contributed by atoms with Gasteiger partial charge in [0.05, 0.1) is 27.0 Å². The average Bonchev–Trinajstić information content (AvgIpc) is 3.49. The van der Waals surface area contributed by atoms with Crippen molar-refractivity contribution in [2.75, 3.05) is 37.0 Å². The van der Waals surface area contributed by atoms with E-state index in [2.05, 4.69) is 10.6 Å². The van der Waals surface area contributed by atoms with Crippen LogP contribution in [0.4, 0.5) is 28.9 Å². The van der Waals surface area contributed by atoms with Gasteiger partial charge in [-0.2, -0.15) is 13.2 Å². The van der Waals surface area contributed by atoms with Gasteiger partial charge in [-0.05, 0) is 72.9 Å². The molecule has 1 aliphatic heterocycles. The summed E-state index contributed by atoms with van der Waals surface area (Å²) in [4.78, 5) is 2.83. The van der Waals surface area contributed by atoms with Crippen LogP contribution in [0.2, 0.25) is 0 Å². The van der Waals surface area contributed by atoms with E-state index in [4.69, 9.17) is 0 Å². The van der Waals surface area contributed by atoms with Gasteiger partial charge >= 0.3 is 6.18 Å². The fourth-order valence-corrected chi connectivity index (χ4v) is 6.58. The topological polar surface area (TPSA) is 66.4 Å². The summed E-state index contributed by atoms with van der Waals surface area (Å²) in [7, 11) is -1.42. The van der Waals surface area contributed by atoms with E-state index in [-0.39, 0.29) is 4.90 Å². The normalized spacial score (nSPS) is 18.8. The molecule has 0 bridgehead atoms. The zero-order chi connectivity index (χ0) is 28.7. The van der Waals surface area contributed by atoms with Gasteiger partial charge in [0.1, 0.15) is 12.7 Å². The van der Waals surface area contributed by atoms with E-state index in [9.17, 15) is 26.0 Å². The number of sulfone groups is 1. The standard InChI is InChI=1S/C28H30F4N4O2S2/c1-35-11-10-24(22(29)15-35)34-23-4-3-5-25-21(23)13-26(36(25)17-28(30,31)32)27-12-18(16-39-27)14-33-19-6-8-20(9-7-19)40(2,37)38/h3-9,12-13,16,22,24,33-34H,10-11,14-15,17H2,1-2H3/t22-,24+/m0/s1. The molecule has 40 heavy (non-hydrogen) atoms. The van der Waals surface area contributed by atoms with Crippen molar-refractivity contribution in [1.82, 2.24) is 9.47 Å². The van der Waals surface area contributed by atoms with Crippen molar-refractivity contribution in [3.05, 3.63) is 65.5 Å². The Labute approximate surface area is 234 Å². The number of benzene rings is 2. The summed E-state index contributed by atoms with van der Waals surface area (Å²) in [5, 5.41) is 8.99. The van der Waals surface area contributed by atoms with Crippen molar-refractivity contribution >= 4 is 43.5 Å². The molecule has 0 aliphatic carbocycles. The first-order valence-electron chi connectivity index (χ1n) is 12.8. The highest BCUT2D eigenvalue weighted by Gasteiger charge is 2.31. The first-order valence-corrected chi connectivity index (χ1v) is 15.5. The quantitative estimate of drug-likeness (QED) is 0.231. The van der Waals surface area contributed by atoms with Crippen LogP contribution in [0.25, 0.3) is 21.5 Å². The number of aromatic nitrogens is 1. The molecule has 6 nitrogen and oxygen atoms in total. The summed E-state index contributed by atoms with van der Waals surface area (Å²) in [5.41, 5.74) is 3.09. The number of piperidine rings is 1. The molecule has 2 aromatic carbocycles. The van der Waals surface area contributed by atoms with Gasteiger partial charge < -0.3 is 20.1 Å². The Morgan fingerprint density at radius 2 is 1.85 bits per heavy atom. The van der Waals surface area contributed by atoms with Crippen molar-refractivity contribution in [1.29, 1.82) is 0 Å². The number of nitrogens with zero attached hydrogens (tertiary/aromatic N) is 2. The first kappa shape index (κ1) is 28.4. The van der Waals surface area contributed by atoms with Crippen LogP contribution in [0.1, 0.15) is 12.0 Å². The van der Waals surface area contributed by atoms with Gasteiger partial charge in [0.2, 0.25) is 0 Å². The van der Waals surface area contributed by atoms with E-state index in [1.54, 1.807) is 36.4 Å². The first-order chi connectivity index (χ1) is 18.9. The molecule has 0 radical (unpaired) electrons. The molecule has 2 atom stereocenters. The second kappa shape index (κ2) is 11.1. The molecule has 2 N–H and O–H groups in total. The zero-order valence-electron chi connectivity index (χ0n) is 22.0. The Kier molecular flexibility index (Phi) is 7.86. The third-order valence-electron chi connectivity index (χ3n) is 7.05. The number of hydrogen-bond donors (Lipinski definition) is 2. The van der Waals surface area contributed by atoms with Crippen molar-refractivity contribution in [2.45, 2.75) is 42.8 Å². The fraction of sp³-hybridized carbons (Fsp3) is 0.357. The van der Waals surface area contributed by atoms with Crippen LogP contribution in [0.15, 0.2) is 64.9 Å². The molecule has 1 saturated heterocycles. The minimum atomic E-state index is -4.43. The molecule has 4 aromatic rings. The summed E-state index contributed by atoms with van der Waals surface area (Å²) in [6.07, 6.45) is -3.77. The van der Waals surface area contributed by atoms with Crippen LogP contribution in [0.3, 0.4) is 0 Å². The molecular weight excluding hydrogens is 564 g/mol. The van der Waals surface area contributed by atoms with E-state index in [1.807, 2.05) is 23.4 Å². The van der Waals surface area contributed by atoms with Crippen LogP contribution in [-0.2, 0) is 22.9 Å².